The number of nitrogens with zero attached hydrogens (tertiary/aromatic N) is 1. The molecule has 1 unspecified atom stereocenters. The molecular formula is C11H19NO2. The minimum absolute atomic E-state index is 0.283. The molecule has 0 radical (unpaired) electrons. The summed E-state index contributed by atoms with van der Waals surface area (Å²) in [5.74, 6) is 0.784. The molecule has 0 aliphatic rings. The number of aliphatic hydroxyl groups excluding tert-OH is 1. The number of aryl methyl sites for hydroxylation is 1. The monoisotopic (exact) mass is 197 g/mol. The zero-order valence-electron chi connectivity index (χ0n) is 8.99. The van der Waals surface area contributed by atoms with Crippen LogP contribution in [0, 0.1) is 6.92 Å². The first-order valence-corrected chi connectivity index (χ1v) is 5.32. The first-order chi connectivity index (χ1) is 6.72. The van der Waals surface area contributed by atoms with Crippen LogP contribution in [-0.4, -0.2) is 16.4 Å². The number of rotatable bonds is 6. The summed E-state index contributed by atoms with van der Waals surface area (Å²) in [6.07, 6.45) is 4.62. The Labute approximate surface area is 85.1 Å². The summed E-state index contributed by atoms with van der Waals surface area (Å²) in [4.78, 5) is 0. The second kappa shape index (κ2) is 5.81. The third-order valence-corrected chi connectivity index (χ3v) is 2.25. The maximum Gasteiger partial charge on any atom is 0.139 e. The van der Waals surface area contributed by atoms with Gasteiger partial charge in [-0.2, -0.15) is 0 Å². The number of hydrogen-bond donors (Lipinski definition) is 1. The van der Waals surface area contributed by atoms with Crippen molar-refractivity contribution in [3.63, 3.8) is 0 Å². The number of aromatic nitrogens is 1. The lowest BCUT2D eigenvalue weighted by Gasteiger charge is -2.06. The fourth-order valence-corrected chi connectivity index (χ4v) is 1.48. The van der Waals surface area contributed by atoms with Crippen molar-refractivity contribution in [1.82, 2.24) is 5.16 Å². The molecule has 1 atom stereocenters. The van der Waals surface area contributed by atoms with Gasteiger partial charge in [-0.15, -0.1) is 0 Å². The van der Waals surface area contributed by atoms with E-state index in [4.69, 9.17) is 4.52 Å². The van der Waals surface area contributed by atoms with Crippen LogP contribution in [0.15, 0.2) is 10.6 Å². The summed E-state index contributed by atoms with van der Waals surface area (Å²) >= 11 is 0. The van der Waals surface area contributed by atoms with Crippen molar-refractivity contribution in [3.8, 4) is 0 Å². The number of unbranched alkanes of at least 4 members (excludes halogenated alkanes) is 2. The second-order valence-corrected chi connectivity index (χ2v) is 3.79. The number of hydrogen-bond acceptors (Lipinski definition) is 3. The van der Waals surface area contributed by atoms with Crippen LogP contribution < -0.4 is 0 Å². The molecule has 0 fully saturated rings. The van der Waals surface area contributed by atoms with Gasteiger partial charge < -0.3 is 9.63 Å². The van der Waals surface area contributed by atoms with Crippen molar-refractivity contribution in [2.24, 2.45) is 0 Å². The van der Waals surface area contributed by atoms with E-state index in [1.807, 2.05) is 13.0 Å². The van der Waals surface area contributed by atoms with Crippen molar-refractivity contribution in [2.75, 3.05) is 0 Å². The van der Waals surface area contributed by atoms with Gasteiger partial charge >= 0.3 is 0 Å². The maximum atomic E-state index is 9.65. The van der Waals surface area contributed by atoms with Crippen molar-refractivity contribution < 1.29 is 9.63 Å². The van der Waals surface area contributed by atoms with Gasteiger partial charge in [0.25, 0.3) is 0 Å². The molecule has 0 saturated carbocycles. The van der Waals surface area contributed by atoms with Gasteiger partial charge in [0.05, 0.1) is 11.8 Å². The van der Waals surface area contributed by atoms with Gasteiger partial charge in [0.15, 0.2) is 0 Å². The topological polar surface area (TPSA) is 46.3 Å². The molecule has 0 bridgehead atoms. The molecule has 0 amide bonds. The zero-order chi connectivity index (χ0) is 10.4. The Morgan fingerprint density at radius 3 is 2.86 bits per heavy atom. The highest BCUT2D eigenvalue weighted by Gasteiger charge is 2.08. The van der Waals surface area contributed by atoms with E-state index in [1.165, 1.54) is 12.8 Å². The lowest BCUT2D eigenvalue weighted by Crippen LogP contribution is -2.09. The molecule has 0 aliphatic carbocycles. The fraction of sp³-hybridized carbons (Fsp3) is 0.727. The summed E-state index contributed by atoms with van der Waals surface area (Å²) < 4.78 is 5.03. The third-order valence-electron chi connectivity index (χ3n) is 2.25. The van der Waals surface area contributed by atoms with Crippen LogP contribution >= 0.6 is 0 Å². The van der Waals surface area contributed by atoms with E-state index < -0.39 is 0 Å². The average molecular weight is 197 g/mol. The summed E-state index contributed by atoms with van der Waals surface area (Å²) in [6, 6.07) is 1.88. The van der Waals surface area contributed by atoms with Gasteiger partial charge in [0.2, 0.25) is 0 Å². The fourth-order valence-electron chi connectivity index (χ4n) is 1.48. The van der Waals surface area contributed by atoms with Crippen LogP contribution in [-0.2, 0) is 6.42 Å². The average Bonchev–Trinajstić information content (AvgIpc) is 2.52. The Hall–Kier alpha value is -0.830. The van der Waals surface area contributed by atoms with Gasteiger partial charge in [-0.05, 0) is 13.3 Å². The van der Waals surface area contributed by atoms with Crippen molar-refractivity contribution >= 4 is 0 Å². The predicted molar refractivity (Wildman–Crippen MR) is 55.1 cm³/mol. The SMILES string of the molecule is CCCCCC(O)Cc1cc(C)no1. The number of aliphatic hydroxyl groups is 1. The minimum Gasteiger partial charge on any atom is -0.393 e. The Balaban J connectivity index is 2.23. The Kier molecular flexibility index (Phi) is 4.66. The van der Waals surface area contributed by atoms with Crippen LogP contribution in [0.2, 0.25) is 0 Å². The molecule has 1 aromatic rings. The highest BCUT2D eigenvalue weighted by Crippen LogP contribution is 2.10. The Morgan fingerprint density at radius 2 is 2.29 bits per heavy atom. The van der Waals surface area contributed by atoms with E-state index >= 15 is 0 Å². The first kappa shape index (κ1) is 11.2. The molecule has 0 spiro atoms. The molecule has 3 heteroatoms. The smallest absolute Gasteiger partial charge is 0.139 e. The van der Waals surface area contributed by atoms with Gasteiger partial charge in [-0.1, -0.05) is 31.3 Å². The molecule has 1 N–H and O–H groups in total. The van der Waals surface area contributed by atoms with Crippen LogP contribution in [0.3, 0.4) is 0 Å². The van der Waals surface area contributed by atoms with Gasteiger partial charge in [0.1, 0.15) is 5.76 Å². The molecular weight excluding hydrogens is 178 g/mol. The summed E-state index contributed by atoms with van der Waals surface area (Å²) in [5, 5.41) is 13.4. The lowest BCUT2D eigenvalue weighted by atomic mass is 10.1. The van der Waals surface area contributed by atoms with E-state index in [-0.39, 0.29) is 6.10 Å². The van der Waals surface area contributed by atoms with Gasteiger partial charge in [-0.3, -0.25) is 0 Å². The van der Waals surface area contributed by atoms with E-state index in [1.54, 1.807) is 0 Å². The van der Waals surface area contributed by atoms with Crippen LogP contribution in [0.1, 0.15) is 44.1 Å². The van der Waals surface area contributed by atoms with Crippen molar-refractivity contribution in [2.45, 2.75) is 52.1 Å². The van der Waals surface area contributed by atoms with Crippen LogP contribution in [0.4, 0.5) is 0 Å². The van der Waals surface area contributed by atoms with E-state index in [9.17, 15) is 5.11 Å². The summed E-state index contributed by atoms with van der Waals surface area (Å²) in [6.45, 7) is 4.04. The third kappa shape index (κ3) is 3.92. The quantitative estimate of drug-likeness (QED) is 0.712. The van der Waals surface area contributed by atoms with Crippen LogP contribution in [0.5, 0.6) is 0 Å². The van der Waals surface area contributed by atoms with Crippen LogP contribution in [0.25, 0.3) is 0 Å². The zero-order valence-corrected chi connectivity index (χ0v) is 8.99. The Bertz CT molecular complexity index is 258. The lowest BCUT2D eigenvalue weighted by molar-refractivity contribution is 0.151. The van der Waals surface area contributed by atoms with E-state index in [0.717, 1.165) is 24.3 Å². The molecule has 0 aliphatic heterocycles. The largest absolute Gasteiger partial charge is 0.393 e. The highest BCUT2D eigenvalue weighted by atomic mass is 16.5. The molecule has 1 heterocycles. The summed E-state index contributed by atoms with van der Waals surface area (Å²) in [7, 11) is 0. The molecule has 0 aromatic carbocycles. The van der Waals surface area contributed by atoms with E-state index in [2.05, 4.69) is 12.1 Å². The van der Waals surface area contributed by atoms with E-state index in [0.29, 0.717) is 6.42 Å². The molecule has 14 heavy (non-hydrogen) atoms. The van der Waals surface area contributed by atoms with Gasteiger partial charge in [0, 0.05) is 12.5 Å². The molecule has 0 saturated heterocycles. The minimum atomic E-state index is -0.283. The molecule has 1 rings (SSSR count). The molecule has 1 aromatic heterocycles. The highest BCUT2D eigenvalue weighted by molar-refractivity contribution is 5.03. The summed E-state index contributed by atoms with van der Waals surface area (Å²) in [5.41, 5.74) is 0.876. The Morgan fingerprint density at radius 1 is 1.50 bits per heavy atom. The normalized spacial score (nSPS) is 13.1. The van der Waals surface area contributed by atoms with Gasteiger partial charge in [-0.25, -0.2) is 0 Å². The molecule has 3 nitrogen and oxygen atoms in total. The van der Waals surface area contributed by atoms with Crippen molar-refractivity contribution in [3.05, 3.63) is 17.5 Å². The maximum absolute atomic E-state index is 9.65. The standard InChI is InChI=1S/C11H19NO2/c1-3-4-5-6-10(13)8-11-7-9(2)12-14-11/h7,10,13H,3-6,8H2,1-2H3. The predicted octanol–water partition coefficient (Wildman–Crippen LogP) is 2.47. The first-order valence-electron chi connectivity index (χ1n) is 5.32. The molecule has 80 valence electrons. The second-order valence-electron chi connectivity index (χ2n) is 3.79. The van der Waals surface area contributed by atoms with Crippen molar-refractivity contribution in [1.29, 1.82) is 0 Å².